The van der Waals surface area contributed by atoms with Gasteiger partial charge in [-0.2, -0.15) is 0 Å². The quantitative estimate of drug-likeness (QED) is 0.592. The second-order valence-electron chi connectivity index (χ2n) is 4.19. The number of hydrogen-bond donors (Lipinski definition) is 3. The zero-order valence-corrected chi connectivity index (χ0v) is 12.6. The lowest BCUT2D eigenvalue weighted by atomic mass is 10.2. The number of aliphatic hydroxyl groups is 1. The number of aliphatic hydroxyl groups excluding tert-OH is 1. The Labute approximate surface area is 127 Å². The SMILES string of the molecule is CCOc1ccc(SCC(=O)NCCC(O)C(=O)O)cc1. The summed E-state index contributed by atoms with van der Waals surface area (Å²) < 4.78 is 5.32. The molecule has 3 N–H and O–H groups in total. The highest BCUT2D eigenvalue weighted by Gasteiger charge is 2.12. The van der Waals surface area contributed by atoms with Crippen LogP contribution in [0.2, 0.25) is 0 Å². The molecule has 1 atom stereocenters. The molecule has 1 unspecified atom stereocenters. The van der Waals surface area contributed by atoms with Gasteiger partial charge in [-0.3, -0.25) is 4.79 Å². The van der Waals surface area contributed by atoms with Gasteiger partial charge in [0.15, 0.2) is 6.10 Å². The van der Waals surface area contributed by atoms with Crippen LogP contribution in [0.25, 0.3) is 0 Å². The fourth-order valence-electron chi connectivity index (χ4n) is 1.47. The Morgan fingerprint density at radius 2 is 2.00 bits per heavy atom. The smallest absolute Gasteiger partial charge is 0.332 e. The molecular formula is C14H19NO5S. The standard InChI is InChI=1S/C14H19NO5S/c1-2-20-10-3-5-11(6-4-10)21-9-13(17)15-8-7-12(16)14(18)19/h3-6,12,16H,2,7-9H2,1H3,(H,15,17)(H,18,19). The van der Waals surface area contributed by atoms with Crippen molar-refractivity contribution in [3.05, 3.63) is 24.3 Å². The van der Waals surface area contributed by atoms with Crippen LogP contribution in [-0.2, 0) is 9.59 Å². The van der Waals surface area contributed by atoms with Gasteiger partial charge in [0.1, 0.15) is 5.75 Å². The minimum absolute atomic E-state index is 0.00517. The van der Waals surface area contributed by atoms with E-state index in [9.17, 15) is 9.59 Å². The molecule has 0 aliphatic heterocycles. The van der Waals surface area contributed by atoms with Crippen molar-refractivity contribution in [1.82, 2.24) is 5.32 Å². The van der Waals surface area contributed by atoms with Crippen molar-refractivity contribution >= 4 is 23.6 Å². The van der Waals surface area contributed by atoms with Crippen LogP contribution in [0, 0.1) is 0 Å². The molecule has 0 spiro atoms. The fourth-order valence-corrected chi connectivity index (χ4v) is 2.20. The molecule has 1 aromatic rings. The van der Waals surface area contributed by atoms with Gasteiger partial charge in [-0.05, 0) is 31.2 Å². The number of ether oxygens (including phenoxy) is 1. The molecule has 1 aromatic carbocycles. The number of thioether (sulfide) groups is 1. The highest BCUT2D eigenvalue weighted by molar-refractivity contribution is 8.00. The van der Waals surface area contributed by atoms with Crippen molar-refractivity contribution in [2.75, 3.05) is 18.9 Å². The van der Waals surface area contributed by atoms with Gasteiger partial charge < -0.3 is 20.3 Å². The molecule has 1 amide bonds. The van der Waals surface area contributed by atoms with E-state index >= 15 is 0 Å². The highest BCUT2D eigenvalue weighted by Crippen LogP contribution is 2.21. The van der Waals surface area contributed by atoms with E-state index in [0.29, 0.717) is 6.61 Å². The Morgan fingerprint density at radius 3 is 2.57 bits per heavy atom. The first kappa shape index (κ1) is 17.3. The molecule has 0 fully saturated rings. The maximum absolute atomic E-state index is 11.6. The zero-order chi connectivity index (χ0) is 15.7. The summed E-state index contributed by atoms with van der Waals surface area (Å²) in [6.45, 7) is 2.65. The number of amides is 1. The Hall–Kier alpha value is -1.73. The van der Waals surface area contributed by atoms with Gasteiger partial charge in [-0.1, -0.05) is 0 Å². The van der Waals surface area contributed by atoms with Crippen molar-refractivity contribution in [2.45, 2.75) is 24.3 Å². The lowest BCUT2D eigenvalue weighted by Gasteiger charge is -2.07. The Balaban J connectivity index is 2.24. The van der Waals surface area contributed by atoms with Crippen molar-refractivity contribution in [3.63, 3.8) is 0 Å². The molecule has 116 valence electrons. The van der Waals surface area contributed by atoms with Gasteiger partial charge in [0.05, 0.1) is 12.4 Å². The third-order valence-electron chi connectivity index (χ3n) is 2.53. The van der Waals surface area contributed by atoms with E-state index in [1.807, 2.05) is 31.2 Å². The van der Waals surface area contributed by atoms with E-state index < -0.39 is 12.1 Å². The number of hydrogen-bond acceptors (Lipinski definition) is 5. The number of rotatable bonds is 9. The number of carbonyl (C=O) groups excluding carboxylic acids is 1. The first-order valence-electron chi connectivity index (χ1n) is 6.56. The lowest BCUT2D eigenvalue weighted by Crippen LogP contribution is -2.31. The summed E-state index contributed by atoms with van der Waals surface area (Å²) in [5, 5.41) is 20.1. The average molecular weight is 313 g/mol. The average Bonchev–Trinajstić information content (AvgIpc) is 2.46. The van der Waals surface area contributed by atoms with Gasteiger partial charge in [0.2, 0.25) is 5.91 Å². The molecule has 0 aliphatic carbocycles. The van der Waals surface area contributed by atoms with E-state index in [1.165, 1.54) is 11.8 Å². The van der Waals surface area contributed by atoms with Crippen molar-refractivity contribution < 1.29 is 24.5 Å². The summed E-state index contributed by atoms with van der Waals surface area (Å²) in [5.41, 5.74) is 0. The predicted octanol–water partition coefficient (Wildman–Crippen LogP) is 1.13. The third-order valence-corrected chi connectivity index (χ3v) is 3.54. The van der Waals surface area contributed by atoms with Gasteiger partial charge in [-0.25, -0.2) is 4.79 Å². The molecule has 0 aromatic heterocycles. The van der Waals surface area contributed by atoms with Crippen LogP contribution in [-0.4, -0.2) is 47.1 Å². The number of nitrogens with one attached hydrogen (secondary N) is 1. The van der Waals surface area contributed by atoms with E-state index in [1.54, 1.807) is 0 Å². The summed E-state index contributed by atoms with van der Waals surface area (Å²) in [5.74, 6) is -0.467. The summed E-state index contributed by atoms with van der Waals surface area (Å²) >= 11 is 1.37. The normalized spacial score (nSPS) is 11.7. The molecule has 6 nitrogen and oxygen atoms in total. The van der Waals surface area contributed by atoms with E-state index in [4.69, 9.17) is 14.9 Å². The maximum Gasteiger partial charge on any atom is 0.332 e. The Kier molecular flexibility index (Phi) is 7.63. The summed E-state index contributed by atoms with van der Waals surface area (Å²) in [6, 6.07) is 7.42. The number of benzene rings is 1. The number of carbonyl (C=O) groups is 2. The van der Waals surface area contributed by atoms with Crippen LogP contribution in [0.3, 0.4) is 0 Å². The monoisotopic (exact) mass is 313 g/mol. The van der Waals surface area contributed by atoms with Gasteiger partial charge >= 0.3 is 5.97 Å². The minimum atomic E-state index is -1.44. The van der Waals surface area contributed by atoms with Crippen LogP contribution in [0.1, 0.15) is 13.3 Å². The molecule has 0 aliphatic rings. The largest absolute Gasteiger partial charge is 0.494 e. The third kappa shape index (κ3) is 7.01. The first-order chi connectivity index (χ1) is 10.0. The number of carboxylic acid groups (broad SMARTS) is 1. The van der Waals surface area contributed by atoms with Crippen LogP contribution in [0.5, 0.6) is 5.75 Å². The second-order valence-corrected chi connectivity index (χ2v) is 5.23. The maximum atomic E-state index is 11.6. The van der Waals surface area contributed by atoms with E-state index in [-0.39, 0.29) is 24.6 Å². The number of carboxylic acids is 1. The molecule has 21 heavy (non-hydrogen) atoms. The number of aliphatic carboxylic acids is 1. The van der Waals surface area contributed by atoms with Crippen molar-refractivity contribution in [3.8, 4) is 5.75 Å². The minimum Gasteiger partial charge on any atom is -0.494 e. The molecule has 0 saturated heterocycles. The topological polar surface area (TPSA) is 95.9 Å². The molecule has 0 bridgehead atoms. The lowest BCUT2D eigenvalue weighted by molar-refractivity contribution is -0.147. The molecular weight excluding hydrogens is 294 g/mol. The van der Waals surface area contributed by atoms with E-state index in [2.05, 4.69) is 5.32 Å². The Morgan fingerprint density at radius 1 is 1.33 bits per heavy atom. The molecule has 0 saturated carbocycles. The zero-order valence-electron chi connectivity index (χ0n) is 11.7. The van der Waals surface area contributed by atoms with Crippen molar-refractivity contribution in [2.24, 2.45) is 0 Å². The molecule has 7 heteroatoms. The highest BCUT2D eigenvalue weighted by atomic mass is 32.2. The second kappa shape index (κ2) is 9.25. The molecule has 1 rings (SSSR count). The summed E-state index contributed by atoms with van der Waals surface area (Å²) in [4.78, 5) is 22.9. The summed E-state index contributed by atoms with van der Waals surface area (Å²) in [7, 11) is 0. The van der Waals surface area contributed by atoms with Crippen LogP contribution >= 0.6 is 11.8 Å². The molecule has 0 heterocycles. The summed E-state index contributed by atoms with van der Waals surface area (Å²) in [6.07, 6.45) is -1.45. The van der Waals surface area contributed by atoms with Gasteiger partial charge in [-0.15, -0.1) is 11.8 Å². The van der Waals surface area contributed by atoms with Gasteiger partial charge in [0.25, 0.3) is 0 Å². The predicted molar refractivity (Wildman–Crippen MR) is 79.6 cm³/mol. The van der Waals surface area contributed by atoms with E-state index in [0.717, 1.165) is 10.6 Å². The Bertz CT molecular complexity index is 463. The van der Waals surface area contributed by atoms with Crippen LogP contribution in [0.4, 0.5) is 0 Å². The molecule has 0 radical (unpaired) electrons. The van der Waals surface area contributed by atoms with Crippen molar-refractivity contribution in [1.29, 1.82) is 0 Å². The fraction of sp³-hybridized carbons (Fsp3) is 0.429. The van der Waals surface area contributed by atoms with Gasteiger partial charge in [0, 0.05) is 17.9 Å². The first-order valence-corrected chi connectivity index (χ1v) is 7.54. The van der Waals surface area contributed by atoms with Crippen LogP contribution in [0.15, 0.2) is 29.2 Å². The van der Waals surface area contributed by atoms with Crippen LogP contribution < -0.4 is 10.1 Å².